The molecule has 1 atom stereocenters. The summed E-state index contributed by atoms with van der Waals surface area (Å²) in [7, 11) is 0. The Morgan fingerprint density at radius 3 is 2.93 bits per heavy atom. The number of halogens is 1. The first-order valence-corrected chi connectivity index (χ1v) is 4.31. The second-order valence-electron chi connectivity index (χ2n) is 3.14. The molecule has 0 fully saturated rings. The van der Waals surface area contributed by atoms with Crippen LogP contribution in [0.5, 0.6) is 5.75 Å². The van der Waals surface area contributed by atoms with Crippen LogP contribution in [0.4, 0.5) is 4.39 Å². The van der Waals surface area contributed by atoms with Crippen molar-refractivity contribution in [2.45, 2.75) is 13.3 Å². The van der Waals surface area contributed by atoms with Crippen molar-refractivity contribution >= 4 is 11.4 Å². The molecule has 2 nitrogen and oxygen atoms in total. The van der Waals surface area contributed by atoms with Crippen molar-refractivity contribution in [3.05, 3.63) is 35.9 Å². The molecule has 1 aromatic carbocycles. The number of allylic oxidation sites excluding steroid dienone is 1. The van der Waals surface area contributed by atoms with Gasteiger partial charge in [-0.3, -0.25) is 4.79 Å². The fourth-order valence-corrected chi connectivity index (χ4v) is 1.47. The van der Waals surface area contributed by atoms with Crippen LogP contribution in [0.3, 0.4) is 0 Å². The molecule has 0 spiro atoms. The number of carbonyl (C=O) groups is 1. The largest absolute Gasteiger partial charge is 0.455 e. The van der Waals surface area contributed by atoms with Crippen LogP contribution < -0.4 is 4.74 Å². The maximum atomic E-state index is 13.3. The van der Waals surface area contributed by atoms with Crippen molar-refractivity contribution in [2.75, 3.05) is 0 Å². The van der Waals surface area contributed by atoms with E-state index in [-0.39, 0.29) is 5.78 Å². The second-order valence-corrected chi connectivity index (χ2v) is 3.14. The topological polar surface area (TPSA) is 26.3 Å². The molecular formula is C11H9FO2. The van der Waals surface area contributed by atoms with Crippen molar-refractivity contribution in [3.63, 3.8) is 0 Å². The first kappa shape index (κ1) is 8.94. The van der Waals surface area contributed by atoms with E-state index in [1.54, 1.807) is 24.3 Å². The standard InChI is InChI=1S/C11H9FO2/c1-7(13)6-9-8-4-2-3-5-10(8)14-11(9)12/h2-6,11H,1H3/b9-6+. The van der Waals surface area contributed by atoms with E-state index in [1.165, 1.54) is 13.0 Å². The molecule has 1 unspecified atom stereocenters. The van der Waals surface area contributed by atoms with Gasteiger partial charge in [-0.1, -0.05) is 18.2 Å². The Hall–Kier alpha value is -1.64. The molecule has 0 radical (unpaired) electrons. The third-order valence-electron chi connectivity index (χ3n) is 2.03. The summed E-state index contributed by atoms with van der Waals surface area (Å²) in [6, 6.07) is 6.98. The van der Waals surface area contributed by atoms with Gasteiger partial charge >= 0.3 is 0 Å². The van der Waals surface area contributed by atoms with Crippen LogP contribution in [0.1, 0.15) is 12.5 Å². The Kier molecular flexibility index (Phi) is 2.08. The Labute approximate surface area is 81.0 Å². The predicted octanol–water partition coefficient (Wildman–Crippen LogP) is 2.35. The SMILES string of the molecule is CC(=O)/C=C1\c2ccccc2OC1F. The number of ether oxygens (including phenoxy) is 1. The third kappa shape index (κ3) is 1.41. The zero-order valence-electron chi connectivity index (χ0n) is 7.66. The van der Waals surface area contributed by atoms with Crippen molar-refractivity contribution < 1.29 is 13.9 Å². The predicted molar refractivity (Wildman–Crippen MR) is 50.6 cm³/mol. The maximum absolute atomic E-state index is 13.3. The fourth-order valence-electron chi connectivity index (χ4n) is 1.47. The Balaban J connectivity index is 2.50. The Morgan fingerprint density at radius 1 is 1.50 bits per heavy atom. The molecule has 0 aromatic heterocycles. The molecule has 0 amide bonds. The van der Waals surface area contributed by atoms with E-state index < -0.39 is 6.36 Å². The molecule has 1 aliphatic rings. The van der Waals surface area contributed by atoms with Crippen LogP contribution in [0, 0.1) is 0 Å². The smallest absolute Gasteiger partial charge is 0.265 e. The number of hydrogen-bond acceptors (Lipinski definition) is 2. The summed E-state index contributed by atoms with van der Waals surface area (Å²) >= 11 is 0. The lowest BCUT2D eigenvalue weighted by Gasteiger charge is -1.99. The van der Waals surface area contributed by atoms with Crippen LogP contribution in [0.25, 0.3) is 5.57 Å². The molecule has 0 aliphatic carbocycles. The molecule has 2 rings (SSSR count). The maximum Gasteiger partial charge on any atom is 0.265 e. The van der Waals surface area contributed by atoms with Gasteiger partial charge in [0.05, 0.1) is 0 Å². The number of hydrogen-bond donors (Lipinski definition) is 0. The van der Waals surface area contributed by atoms with E-state index >= 15 is 0 Å². The number of carbonyl (C=O) groups excluding carboxylic acids is 1. The summed E-state index contributed by atoms with van der Waals surface area (Å²) in [5.41, 5.74) is 0.975. The lowest BCUT2D eigenvalue weighted by molar-refractivity contribution is -0.112. The monoisotopic (exact) mass is 192 g/mol. The molecule has 0 saturated carbocycles. The van der Waals surface area contributed by atoms with Gasteiger partial charge in [0, 0.05) is 11.1 Å². The molecule has 0 N–H and O–H groups in total. The molecule has 1 aromatic rings. The normalized spacial score (nSPS) is 21.9. The van der Waals surface area contributed by atoms with Gasteiger partial charge < -0.3 is 4.74 Å². The highest BCUT2D eigenvalue weighted by Crippen LogP contribution is 2.37. The molecule has 0 saturated heterocycles. The zero-order chi connectivity index (χ0) is 10.1. The quantitative estimate of drug-likeness (QED) is 0.638. The number of alkyl halides is 1. The van der Waals surface area contributed by atoms with Gasteiger partial charge in [0.2, 0.25) is 0 Å². The lowest BCUT2D eigenvalue weighted by atomic mass is 10.1. The minimum Gasteiger partial charge on any atom is -0.455 e. The zero-order valence-corrected chi connectivity index (χ0v) is 7.66. The van der Waals surface area contributed by atoms with E-state index in [0.717, 1.165) is 0 Å². The van der Waals surface area contributed by atoms with Gasteiger partial charge in [-0.05, 0) is 19.1 Å². The van der Waals surface area contributed by atoms with Gasteiger partial charge in [-0.2, -0.15) is 4.39 Å². The Morgan fingerprint density at radius 2 is 2.21 bits per heavy atom. The molecule has 72 valence electrons. The molecule has 0 bridgehead atoms. The van der Waals surface area contributed by atoms with Gasteiger partial charge in [0.1, 0.15) is 5.75 Å². The van der Waals surface area contributed by atoms with Crippen molar-refractivity contribution in [2.24, 2.45) is 0 Å². The highest BCUT2D eigenvalue weighted by atomic mass is 19.1. The highest BCUT2D eigenvalue weighted by molar-refractivity contribution is 5.97. The van der Waals surface area contributed by atoms with E-state index in [1.807, 2.05) is 0 Å². The molecule has 14 heavy (non-hydrogen) atoms. The third-order valence-corrected chi connectivity index (χ3v) is 2.03. The fraction of sp³-hybridized carbons (Fsp3) is 0.182. The number of benzene rings is 1. The van der Waals surface area contributed by atoms with Crippen LogP contribution in [0.15, 0.2) is 30.3 Å². The van der Waals surface area contributed by atoms with E-state index in [0.29, 0.717) is 16.9 Å². The van der Waals surface area contributed by atoms with E-state index in [4.69, 9.17) is 4.74 Å². The number of para-hydroxylation sites is 1. The number of ketones is 1. The summed E-state index contributed by atoms with van der Waals surface area (Å²) in [5.74, 6) is 0.315. The second kappa shape index (κ2) is 3.25. The van der Waals surface area contributed by atoms with Crippen molar-refractivity contribution in [1.82, 2.24) is 0 Å². The minimum absolute atomic E-state index is 0.178. The molecule has 1 heterocycles. The molecule has 3 heteroatoms. The van der Waals surface area contributed by atoms with Gasteiger partial charge in [0.15, 0.2) is 5.78 Å². The average molecular weight is 192 g/mol. The van der Waals surface area contributed by atoms with Crippen LogP contribution in [-0.4, -0.2) is 12.1 Å². The van der Waals surface area contributed by atoms with Crippen LogP contribution in [0.2, 0.25) is 0 Å². The summed E-state index contributed by atoms with van der Waals surface area (Å²) in [6.45, 7) is 1.39. The average Bonchev–Trinajstić information content (AvgIpc) is 2.43. The highest BCUT2D eigenvalue weighted by Gasteiger charge is 2.27. The van der Waals surface area contributed by atoms with Crippen molar-refractivity contribution in [3.8, 4) is 5.75 Å². The summed E-state index contributed by atoms with van der Waals surface area (Å²) < 4.78 is 18.2. The van der Waals surface area contributed by atoms with Crippen LogP contribution in [-0.2, 0) is 4.79 Å². The van der Waals surface area contributed by atoms with Crippen molar-refractivity contribution in [1.29, 1.82) is 0 Å². The van der Waals surface area contributed by atoms with Gasteiger partial charge in [0.25, 0.3) is 6.36 Å². The summed E-state index contributed by atoms with van der Waals surface area (Å²) in [5, 5.41) is 0. The first-order valence-electron chi connectivity index (χ1n) is 4.31. The summed E-state index contributed by atoms with van der Waals surface area (Å²) in [4.78, 5) is 10.9. The van der Waals surface area contributed by atoms with E-state index in [2.05, 4.69) is 0 Å². The molecule has 1 aliphatic heterocycles. The number of fused-ring (bicyclic) bond motifs is 1. The van der Waals surface area contributed by atoms with Crippen LogP contribution >= 0.6 is 0 Å². The summed E-state index contributed by atoms with van der Waals surface area (Å²) in [6.07, 6.45) is -0.243. The molecular weight excluding hydrogens is 183 g/mol. The van der Waals surface area contributed by atoms with E-state index in [9.17, 15) is 9.18 Å². The Bertz CT molecular complexity index is 410. The minimum atomic E-state index is -1.52. The van der Waals surface area contributed by atoms with Gasteiger partial charge in [-0.15, -0.1) is 0 Å². The van der Waals surface area contributed by atoms with Gasteiger partial charge in [-0.25, -0.2) is 0 Å². The lowest BCUT2D eigenvalue weighted by Crippen LogP contribution is -2.04. The first-order chi connectivity index (χ1) is 6.68. The number of rotatable bonds is 1.